The van der Waals surface area contributed by atoms with Crippen molar-refractivity contribution in [2.75, 3.05) is 6.67 Å². The van der Waals surface area contributed by atoms with Gasteiger partial charge in [0, 0.05) is 0 Å². The molecule has 0 aliphatic rings. The lowest BCUT2D eigenvalue weighted by atomic mass is 10.7. The largest absolute Gasteiger partial charge is 0.484 e. The highest BCUT2D eigenvalue weighted by Crippen LogP contribution is 2.08. The highest BCUT2D eigenvalue weighted by molar-refractivity contribution is 5.77. The van der Waals surface area contributed by atoms with Gasteiger partial charge >= 0.3 is 6.30 Å². The van der Waals surface area contributed by atoms with E-state index in [2.05, 4.69) is 0 Å². The van der Waals surface area contributed by atoms with Gasteiger partial charge in [0.15, 0.2) is 6.67 Å². The third-order valence-corrected chi connectivity index (χ3v) is 0.403. The number of rotatable bonds is 1. The molecule has 0 saturated heterocycles. The minimum atomic E-state index is -4.82. The number of carbonyl (C=O) groups is 1. The van der Waals surface area contributed by atoms with E-state index in [9.17, 15) is 22.4 Å². The van der Waals surface area contributed by atoms with Gasteiger partial charge in [0.25, 0.3) is 5.91 Å². The minimum absolute atomic E-state index is 0.455. The monoisotopic (exact) mass is 145 g/mol. The van der Waals surface area contributed by atoms with Crippen LogP contribution >= 0.6 is 0 Å². The van der Waals surface area contributed by atoms with Crippen LogP contribution in [0.5, 0.6) is 0 Å². The summed E-state index contributed by atoms with van der Waals surface area (Å²) in [4.78, 5) is 9.62. The number of carbonyl (C=O) groups excluding carboxylic acids is 1. The molecule has 1 amide bonds. The molecule has 2 nitrogen and oxygen atoms in total. The SMILES string of the molecule is O=C(CF)NC(F)(F)F. The zero-order valence-corrected chi connectivity index (χ0v) is 4.13. The zero-order chi connectivity index (χ0) is 7.49. The third kappa shape index (κ3) is 5.05. The molecule has 9 heavy (non-hydrogen) atoms. The molecule has 0 aromatic heterocycles. The van der Waals surface area contributed by atoms with Crippen LogP contribution in [0.4, 0.5) is 17.6 Å². The third-order valence-electron chi connectivity index (χ3n) is 0.403. The smallest absolute Gasteiger partial charge is 0.272 e. The average Bonchev–Trinajstić information content (AvgIpc) is 1.62. The molecule has 0 atom stereocenters. The van der Waals surface area contributed by atoms with E-state index in [1.54, 1.807) is 0 Å². The van der Waals surface area contributed by atoms with Crippen LogP contribution < -0.4 is 5.32 Å². The number of alkyl halides is 4. The Hall–Kier alpha value is -0.810. The van der Waals surface area contributed by atoms with Crippen molar-refractivity contribution in [1.82, 2.24) is 5.32 Å². The fourth-order valence-electron chi connectivity index (χ4n) is 0.191. The second-order valence-electron chi connectivity index (χ2n) is 1.18. The van der Waals surface area contributed by atoms with Gasteiger partial charge < -0.3 is 0 Å². The molecular formula is C3H3F4NO. The molecule has 0 fully saturated rings. The molecule has 0 saturated carbocycles. The second kappa shape index (κ2) is 2.65. The fourth-order valence-corrected chi connectivity index (χ4v) is 0.191. The fraction of sp³-hybridized carbons (Fsp3) is 0.667. The average molecular weight is 145 g/mol. The molecule has 0 spiro atoms. The lowest BCUT2D eigenvalue weighted by Crippen LogP contribution is -2.37. The van der Waals surface area contributed by atoms with Crippen LogP contribution in [-0.4, -0.2) is 18.9 Å². The Bertz CT molecular complexity index is 109. The van der Waals surface area contributed by atoms with E-state index < -0.39 is 18.9 Å². The van der Waals surface area contributed by atoms with Gasteiger partial charge in [0.05, 0.1) is 0 Å². The number of hydrogen-bond acceptors (Lipinski definition) is 1. The van der Waals surface area contributed by atoms with Crippen molar-refractivity contribution in [3.8, 4) is 0 Å². The molecule has 0 rings (SSSR count). The van der Waals surface area contributed by atoms with Crippen molar-refractivity contribution in [1.29, 1.82) is 0 Å². The first-order valence-electron chi connectivity index (χ1n) is 1.89. The summed E-state index contributed by atoms with van der Waals surface area (Å²) < 4.78 is 44.0. The lowest BCUT2D eigenvalue weighted by Gasteiger charge is -2.04. The molecule has 0 aliphatic heterocycles. The molecule has 0 heterocycles. The summed E-state index contributed by atoms with van der Waals surface area (Å²) in [5.41, 5.74) is 0. The van der Waals surface area contributed by atoms with E-state index in [-0.39, 0.29) is 0 Å². The number of nitrogens with one attached hydrogen (secondary N) is 1. The van der Waals surface area contributed by atoms with Gasteiger partial charge in [-0.3, -0.25) is 10.1 Å². The van der Waals surface area contributed by atoms with Gasteiger partial charge in [-0.2, -0.15) is 13.2 Å². The van der Waals surface area contributed by atoms with Gasteiger partial charge in [0.1, 0.15) is 0 Å². The predicted molar refractivity (Wildman–Crippen MR) is 20.2 cm³/mol. The number of hydrogen-bond donors (Lipinski definition) is 1. The van der Waals surface area contributed by atoms with E-state index in [4.69, 9.17) is 0 Å². The van der Waals surface area contributed by atoms with Crippen LogP contribution in [0.15, 0.2) is 0 Å². The Balaban J connectivity index is 3.60. The molecule has 0 radical (unpaired) electrons. The van der Waals surface area contributed by atoms with Crippen LogP contribution in [0, 0.1) is 0 Å². The Morgan fingerprint density at radius 3 is 2.00 bits per heavy atom. The van der Waals surface area contributed by atoms with E-state index in [0.717, 1.165) is 0 Å². The Morgan fingerprint density at radius 2 is 1.89 bits per heavy atom. The van der Waals surface area contributed by atoms with E-state index in [0.29, 0.717) is 5.32 Å². The quantitative estimate of drug-likeness (QED) is 0.424. The second-order valence-corrected chi connectivity index (χ2v) is 1.18. The van der Waals surface area contributed by atoms with Crippen molar-refractivity contribution in [2.45, 2.75) is 6.30 Å². The maximum atomic E-state index is 11.0. The first kappa shape index (κ1) is 8.19. The van der Waals surface area contributed by atoms with Gasteiger partial charge in [-0.15, -0.1) is 0 Å². The molecule has 0 bridgehead atoms. The molecule has 1 N–H and O–H groups in total. The Kier molecular flexibility index (Phi) is 2.41. The molecule has 0 unspecified atom stereocenters. The van der Waals surface area contributed by atoms with Gasteiger partial charge in [-0.25, -0.2) is 4.39 Å². The zero-order valence-electron chi connectivity index (χ0n) is 4.13. The van der Waals surface area contributed by atoms with Crippen LogP contribution in [0.25, 0.3) is 0 Å². The molecular weight excluding hydrogens is 142 g/mol. The maximum absolute atomic E-state index is 11.0. The van der Waals surface area contributed by atoms with Crippen molar-refractivity contribution in [3.05, 3.63) is 0 Å². The lowest BCUT2D eigenvalue weighted by molar-refractivity contribution is -0.170. The van der Waals surface area contributed by atoms with Crippen molar-refractivity contribution < 1.29 is 22.4 Å². The van der Waals surface area contributed by atoms with Crippen molar-refractivity contribution >= 4 is 5.91 Å². The molecule has 0 aromatic rings. The summed E-state index contributed by atoms with van der Waals surface area (Å²) in [5.74, 6) is -1.68. The summed E-state index contributed by atoms with van der Waals surface area (Å²) in [6.07, 6.45) is -4.82. The first-order valence-corrected chi connectivity index (χ1v) is 1.89. The van der Waals surface area contributed by atoms with Crippen LogP contribution in [-0.2, 0) is 4.79 Å². The van der Waals surface area contributed by atoms with Gasteiger partial charge in [0.2, 0.25) is 0 Å². The summed E-state index contributed by atoms with van der Waals surface area (Å²) in [6.45, 7) is -1.65. The Morgan fingerprint density at radius 1 is 1.44 bits per heavy atom. The molecule has 6 heteroatoms. The normalized spacial score (nSPS) is 11.1. The number of amides is 1. The summed E-state index contributed by atoms with van der Waals surface area (Å²) in [6, 6.07) is 0. The molecule has 54 valence electrons. The Labute approximate surface area is 47.8 Å². The van der Waals surface area contributed by atoms with E-state index >= 15 is 0 Å². The first-order chi connectivity index (χ1) is 3.95. The van der Waals surface area contributed by atoms with E-state index in [1.807, 2.05) is 0 Å². The van der Waals surface area contributed by atoms with Crippen molar-refractivity contribution in [2.24, 2.45) is 0 Å². The summed E-state index contributed by atoms with van der Waals surface area (Å²) >= 11 is 0. The van der Waals surface area contributed by atoms with E-state index in [1.165, 1.54) is 0 Å². The van der Waals surface area contributed by atoms with Crippen LogP contribution in [0.3, 0.4) is 0 Å². The predicted octanol–water partition coefficient (Wildman–Crippen LogP) is 0.592. The maximum Gasteiger partial charge on any atom is 0.484 e. The number of halogens is 4. The molecule has 0 aliphatic carbocycles. The van der Waals surface area contributed by atoms with Crippen LogP contribution in [0.1, 0.15) is 0 Å². The highest BCUT2D eigenvalue weighted by atomic mass is 19.4. The van der Waals surface area contributed by atoms with Crippen molar-refractivity contribution in [3.63, 3.8) is 0 Å². The van der Waals surface area contributed by atoms with Gasteiger partial charge in [-0.1, -0.05) is 0 Å². The summed E-state index contributed by atoms with van der Waals surface area (Å²) in [7, 11) is 0. The summed E-state index contributed by atoms with van der Waals surface area (Å²) in [5, 5.41) is 0.455. The van der Waals surface area contributed by atoms with Gasteiger partial charge in [-0.05, 0) is 0 Å². The standard InChI is InChI=1S/C3H3F4NO/c4-1-2(9)8-3(5,6)7/h1H2,(H,8,9). The minimum Gasteiger partial charge on any atom is -0.272 e. The van der Waals surface area contributed by atoms with Crippen LogP contribution in [0.2, 0.25) is 0 Å². The molecule has 0 aromatic carbocycles. The topological polar surface area (TPSA) is 29.1 Å². The highest BCUT2D eigenvalue weighted by Gasteiger charge is 2.29.